The molecule has 22 heavy (non-hydrogen) atoms. The molecule has 3 rings (SSSR count). The van der Waals surface area contributed by atoms with E-state index >= 15 is 0 Å². The van der Waals surface area contributed by atoms with Gasteiger partial charge in [0.15, 0.2) is 11.5 Å². The Morgan fingerprint density at radius 3 is 2.73 bits per heavy atom. The van der Waals surface area contributed by atoms with Gasteiger partial charge in [-0.2, -0.15) is 0 Å². The van der Waals surface area contributed by atoms with Gasteiger partial charge in [0.1, 0.15) is 11.5 Å². The molecule has 114 valence electrons. The van der Waals surface area contributed by atoms with E-state index < -0.39 is 0 Å². The number of aryl methyl sites for hydroxylation is 1. The molecular weight excluding hydrogens is 284 g/mol. The molecule has 2 aromatic carbocycles. The van der Waals surface area contributed by atoms with Crippen LogP contribution in [0.3, 0.4) is 0 Å². The lowest BCUT2D eigenvalue weighted by atomic mass is 9.83. The van der Waals surface area contributed by atoms with Crippen molar-refractivity contribution in [1.82, 2.24) is 0 Å². The van der Waals surface area contributed by atoms with Crippen LogP contribution >= 0.6 is 0 Å². The third kappa shape index (κ3) is 2.35. The summed E-state index contributed by atoms with van der Waals surface area (Å²) in [6.45, 7) is 1.86. The van der Waals surface area contributed by atoms with Gasteiger partial charge in [-0.05, 0) is 36.2 Å². The number of methoxy groups -OCH3 is 1. The number of esters is 1. The SMILES string of the molecule is COc1cc([C@@H]2CC(=O)Oc3cc(O)cc(C)c32)ccc1O. The number of phenolic OH excluding ortho intramolecular Hbond substituents is 2. The zero-order chi connectivity index (χ0) is 15.9. The summed E-state index contributed by atoms with van der Waals surface area (Å²) in [7, 11) is 1.48. The highest BCUT2D eigenvalue weighted by Gasteiger charge is 2.30. The minimum Gasteiger partial charge on any atom is -0.508 e. The number of rotatable bonds is 2. The average Bonchev–Trinajstić information content (AvgIpc) is 2.46. The second-order valence-corrected chi connectivity index (χ2v) is 5.34. The maximum Gasteiger partial charge on any atom is 0.312 e. The van der Waals surface area contributed by atoms with Crippen LogP contribution < -0.4 is 9.47 Å². The number of hydrogen-bond acceptors (Lipinski definition) is 5. The number of carbonyl (C=O) groups is 1. The predicted molar refractivity (Wildman–Crippen MR) is 79.6 cm³/mol. The summed E-state index contributed by atoms with van der Waals surface area (Å²) in [5, 5.41) is 19.4. The molecule has 0 aliphatic carbocycles. The van der Waals surface area contributed by atoms with Crippen LogP contribution in [0.5, 0.6) is 23.0 Å². The van der Waals surface area contributed by atoms with Crippen LogP contribution in [-0.4, -0.2) is 23.3 Å². The molecule has 0 saturated heterocycles. The first-order valence-electron chi connectivity index (χ1n) is 6.90. The lowest BCUT2D eigenvalue weighted by molar-refractivity contribution is -0.135. The number of carbonyl (C=O) groups excluding carboxylic acids is 1. The molecule has 2 N–H and O–H groups in total. The van der Waals surface area contributed by atoms with Gasteiger partial charge >= 0.3 is 5.97 Å². The van der Waals surface area contributed by atoms with Crippen LogP contribution in [0.2, 0.25) is 0 Å². The van der Waals surface area contributed by atoms with Gasteiger partial charge in [0.05, 0.1) is 13.5 Å². The summed E-state index contributed by atoms with van der Waals surface area (Å²) >= 11 is 0. The summed E-state index contributed by atoms with van der Waals surface area (Å²) in [5.74, 6) is 0.293. The zero-order valence-electron chi connectivity index (χ0n) is 12.3. The van der Waals surface area contributed by atoms with Gasteiger partial charge in [0.2, 0.25) is 0 Å². The van der Waals surface area contributed by atoms with Crippen molar-refractivity contribution in [3.05, 3.63) is 47.0 Å². The summed E-state index contributed by atoms with van der Waals surface area (Å²) < 4.78 is 10.4. The van der Waals surface area contributed by atoms with Gasteiger partial charge in [-0.25, -0.2) is 0 Å². The fourth-order valence-electron chi connectivity index (χ4n) is 2.91. The topological polar surface area (TPSA) is 76.0 Å². The predicted octanol–water partition coefficient (Wildman–Crippen LogP) is 2.86. The summed E-state index contributed by atoms with van der Waals surface area (Å²) in [6.07, 6.45) is 0.201. The fourth-order valence-corrected chi connectivity index (χ4v) is 2.91. The molecule has 0 unspecified atom stereocenters. The van der Waals surface area contributed by atoms with Crippen molar-refractivity contribution in [2.24, 2.45) is 0 Å². The maximum atomic E-state index is 11.9. The van der Waals surface area contributed by atoms with E-state index in [1.807, 2.05) is 6.92 Å². The normalized spacial score (nSPS) is 16.8. The van der Waals surface area contributed by atoms with Crippen molar-refractivity contribution in [3.8, 4) is 23.0 Å². The van der Waals surface area contributed by atoms with Gasteiger partial charge in [-0.3, -0.25) is 4.79 Å². The van der Waals surface area contributed by atoms with Crippen LogP contribution in [0, 0.1) is 6.92 Å². The molecule has 5 heteroatoms. The minimum atomic E-state index is -0.352. The van der Waals surface area contributed by atoms with Crippen molar-refractivity contribution < 1.29 is 24.5 Å². The largest absolute Gasteiger partial charge is 0.508 e. The first-order chi connectivity index (χ1) is 10.5. The average molecular weight is 300 g/mol. The van der Waals surface area contributed by atoms with E-state index in [1.165, 1.54) is 13.2 Å². The van der Waals surface area contributed by atoms with Gasteiger partial charge in [0.25, 0.3) is 0 Å². The number of ether oxygens (including phenoxy) is 2. The molecule has 5 nitrogen and oxygen atoms in total. The Balaban J connectivity index is 2.15. The maximum absolute atomic E-state index is 11.9. The summed E-state index contributed by atoms with van der Waals surface area (Å²) in [5.41, 5.74) is 2.56. The van der Waals surface area contributed by atoms with E-state index in [2.05, 4.69) is 0 Å². The van der Waals surface area contributed by atoms with Gasteiger partial charge in [-0.15, -0.1) is 0 Å². The molecule has 0 radical (unpaired) electrons. The van der Waals surface area contributed by atoms with Crippen molar-refractivity contribution in [2.45, 2.75) is 19.3 Å². The molecule has 1 aliphatic rings. The number of phenols is 2. The van der Waals surface area contributed by atoms with E-state index in [0.717, 1.165) is 16.7 Å². The highest BCUT2D eigenvalue weighted by molar-refractivity contribution is 5.78. The molecule has 0 saturated carbocycles. The summed E-state index contributed by atoms with van der Waals surface area (Å²) in [6, 6.07) is 8.11. The van der Waals surface area contributed by atoms with Crippen molar-refractivity contribution in [1.29, 1.82) is 0 Å². The van der Waals surface area contributed by atoms with Gasteiger partial charge in [0, 0.05) is 17.5 Å². The van der Waals surface area contributed by atoms with E-state index in [9.17, 15) is 15.0 Å². The molecule has 1 aliphatic heterocycles. The van der Waals surface area contributed by atoms with E-state index in [4.69, 9.17) is 9.47 Å². The van der Waals surface area contributed by atoms with Crippen LogP contribution in [0.25, 0.3) is 0 Å². The first kappa shape index (κ1) is 14.3. The molecule has 1 atom stereocenters. The number of hydrogen-bond donors (Lipinski definition) is 2. The molecule has 0 fully saturated rings. The zero-order valence-corrected chi connectivity index (χ0v) is 12.3. The number of fused-ring (bicyclic) bond motifs is 1. The van der Waals surface area contributed by atoms with Crippen LogP contribution in [0.4, 0.5) is 0 Å². The Morgan fingerprint density at radius 2 is 2.00 bits per heavy atom. The standard InChI is InChI=1S/C17H16O5/c1-9-5-11(18)7-15-17(9)12(8-16(20)22-15)10-3-4-13(19)14(6-10)21-2/h3-7,12,18-19H,8H2,1-2H3/t12-/m0/s1. The number of aromatic hydroxyl groups is 2. The van der Waals surface area contributed by atoms with Gasteiger partial charge in [-0.1, -0.05) is 6.07 Å². The van der Waals surface area contributed by atoms with Crippen LogP contribution in [0.1, 0.15) is 29.0 Å². The lowest BCUT2D eigenvalue weighted by Crippen LogP contribution is -2.21. The Labute approximate surface area is 127 Å². The van der Waals surface area contributed by atoms with Crippen molar-refractivity contribution in [3.63, 3.8) is 0 Å². The Morgan fingerprint density at radius 1 is 1.23 bits per heavy atom. The second-order valence-electron chi connectivity index (χ2n) is 5.34. The molecule has 0 aromatic heterocycles. The highest BCUT2D eigenvalue weighted by atomic mass is 16.5. The fraction of sp³-hybridized carbons (Fsp3) is 0.235. The second kappa shape index (κ2) is 5.26. The molecule has 0 spiro atoms. The molecular formula is C17H16O5. The van der Waals surface area contributed by atoms with E-state index in [-0.39, 0.29) is 29.8 Å². The molecule has 0 amide bonds. The smallest absolute Gasteiger partial charge is 0.312 e. The van der Waals surface area contributed by atoms with Crippen molar-refractivity contribution >= 4 is 5.97 Å². The molecule has 0 bridgehead atoms. The lowest BCUT2D eigenvalue weighted by Gasteiger charge is -2.27. The van der Waals surface area contributed by atoms with E-state index in [0.29, 0.717) is 11.5 Å². The van der Waals surface area contributed by atoms with Crippen LogP contribution in [0.15, 0.2) is 30.3 Å². The quantitative estimate of drug-likeness (QED) is 0.659. The third-order valence-corrected chi connectivity index (χ3v) is 3.88. The van der Waals surface area contributed by atoms with Gasteiger partial charge < -0.3 is 19.7 Å². The molecule has 1 heterocycles. The Bertz CT molecular complexity index is 751. The molecule has 2 aromatic rings. The Kier molecular flexibility index (Phi) is 3.41. The Hall–Kier alpha value is -2.69. The first-order valence-corrected chi connectivity index (χ1v) is 6.90. The van der Waals surface area contributed by atoms with E-state index in [1.54, 1.807) is 24.3 Å². The third-order valence-electron chi connectivity index (χ3n) is 3.88. The summed E-state index contributed by atoms with van der Waals surface area (Å²) in [4.78, 5) is 11.9. The highest BCUT2D eigenvalue weighted by Crippen LogP contribution is 2.43. The monoisotopic (exact) mass is 300 g/mol. The minimum absolute atomic E-state index is 0.0484. The van der Waals surface area contributed by atoms with Crippen molar-refractivity contribution in [2.75, 3.05) is 7.11 Å². The number of benzene rings is 2. The van der Waals surface area contributed by atoms with Crippen LogP contribution in [-0.2, 0) is 4.79 Å².